The van der Waals surface area contributed by atoms with E-state index in [9.17, 15) is 0 Å². The van der Waals surface area contributed by atoms with Gasteiger partial charge in [0.2, 0.25) is 0 Å². The number of hydrogen-bond acceptors (Lipinski definition) is 1. The first-order valence-corrected chi connectivity index (χ1v) is 6.55. The highest BCUT2D eigenvalue weighted by atomic mass is 14.9. The maximum atomic E-state index is 3.52. The van der Waals surface area contributed by atoms with Gasteiger partial charge in [0.1, 0.15) is 0 Å². The molecule has 1 aliphatic heterocycles. The van der Waals surface area contributed by atoms with Crippen molar-refractivity contribution in [1.82, 2.24) is 5.32 Å². The van der Waals surface area contributed by atoms with Gasteiger partial charge in [0.15, 0.2) is 0 Å². The summed E-state index contributed by atoms with van der Waals surface area (Å²) in [6.07, 6.45) is 9.99. The number of rotatable bonds is 6. The van der Waals surface area contributed by atoms with Gasteiger partial charge in [0.05, 0.1) is 0 Å². The molecule has 14 heavy (non-hydrogen) atoms. The average Bonchev–Trinajstić information content (AvgIpc) is 2.25. The molecular formula is C13H27N. The van der Waals surface area contributed by atoms with E-state index in [1.807, 2.05) is 0 Å². The van der Waals surface area contributed by atoms with Crippen LogP contribution in [0.3, 0.4) is 0 Å². The largest absolute Gasteiger partial charge is 0.316 e. The van der Waals surface area contributed by atoms with Crippen molar-refractivity contribution in [2.45, 2.75) is 58.8 Å². The van der Waals surface area contributed by atoms with E-state index in [2.05, 4.69) is 19.2 Å². The van der Waals surface area contributed by atoms with Crippen LogP contribution in [0.15, 0.2) is 0 Å². The summed E-state index contributed by atoms with van der Waals surface area (Å²) in [7, 11) is 0. The maximum absolute atomic E-state index is 3.52. The van der Waals surface area contributed by atoms with Gasteiger partial charge in [-0.25, -0.2) is 0 Å². The van der Waals surface area contributed by atoms with Crippen molar-refractivity contribution in [2.75, 3.05) is 13.1 Å². The fraction of sp³-hybridized carbons (Fsp3) is 1.00. The lowest BCUT2D eigenvalue weighted by molar-refractivity contribution is 0.263. The SMILES string of the molecule is CCCCCCC(C)C1CCCNC1. The zero-order valence-electron chi connectivity index (χ0n) is 10.0. The molecule has 1 saturated heterocycles. The third-order valence-electron chi connectivity index (χ3n) is 3.65. The Morgan fingerprint density at radius 2 is 2.14 bits per heavy atom. The second kappa shape index (κ2) is 7.28. The van der Waals surface area contributed by atoms with Crippen LogP contribution < -0.4 is 5.32 Å². The maximum Gasteiger partial charge on any atom is -0.00180 e. The van der Waals surface area contributed by atoms with Gasteiger partial charge in [0.25, 0.3) is 0 Å². The summed E-state index contributed by atoms with van der Waals surface area (Å²) in [4.78, 5) is 0. The fourth-order valence-electron chi connectivity index (χ4n) is 2.49. The molecule has 1 heteroatoms. The quantitative estimate of drug-likeness (QED) is 0.642. The minimum atomic E-state index is 0.944. The first kappa shape index (κ1) is 12.0. The summed E-state index contributed by atoms with van der Waals surface area (Å²) in [6, 6.07) is 0. The van der Waals surface area contributed by atoms with Crippen molar-refractivity contribution in [3.8, 4) is 0 Å². The normalized spacial score (nSPS) is 24.9. The second-order valence-corrected chi connectivity index (χ2v) is 4.93. The van der Waals surface area contributed by atoms with Crippen LogP contribution in [0.4, 0.5) is 0 Å². The van der Waals surface area contributed by atoms with E-state index in [0.29, 0.717) is 0 Å². The first-order chi connectivity index (χ1) is 6.84. The molecular weight excluding hydrogens is 170 g/mol. The standard InChI is InChI=1S/C13H27N/c1-3-4-5-6-8-12(2)13-9-7-10-14-11-13/h12-14H,3-11H2,1-2H3. The molecule has 1 aliphatic rings. The third kappa shape index (κ3) is 4.45. The summed E-state index contributed by atoms with van der Waals surface area (Å²) in [6.45, 7) is 7.26. The molecule has 2 unspecified atom stereocenters. The zero-order chi connectivity index (χ0) is 10.2. The van der Waals surface area contributed by atoms with Gasteiger partial charge in [-0.05, 0) is 37.8 Å². The second-order valence-electron chi connectivity index (χ2n) is 4.93. The molecule has 0 radical (unpaired) electrons. The van der Waals surface area contributed by atoms with Crippen molar-refractivity contribution in [1.29, 1.82) is 0 Å². The molecule has 0 aromatic carbocycles. The molecule has 1 fully saturated rings. The van der Waals surface area contributed by atoms with Gasteiger partial charge >= 0.3 is 0 Å². The lowest BCUT2D eigenvalue weighted by atomic mass is 9.84. The summed E-state index contributed by atoms with van der Waals surface area (Å²) >= 11 is 0. The summed E-state index contributed by atoms with van der Waals surface area (Å²) in [5, 5.41) is 3.52. The van der Waals surface area contributed by atoms with Gasteiger partial charge in [-0.3, -0.25) is 0 Å². The Morgan fingerprint density at radius 1 is 1.29 bits per heavy atom. The highest BCUT2D eigenvalue weighted by Gasteiger charge is 2.18. The van der Waals surface area contributed by atoms with E-state index in [-0.39, 0.29) is 0 Å². The van der Waals surface area contributed by atoms with E-state index < -0.39 is 0 Å². The van der Waals surface area contributed by atoms with Crippen molar-refractivity contribution >= 4 is 0 Å². The molecule has 0 aromatic rings. The Balaban J connectivity index is 2.04. The molecule has 1 heterocycles. The molecule has 1 N–H and O–H groups in total. The Labute approximate surface area is 89.7 Å². The highest BCUT2D eigenvalue weighted by molar-refractivity contribution is 4.73. The van der Waals surface area contributed by atoms with Crippen molar-refractivity contribution < 1.29 is 0 Å². The summed E-state index contributed by atoms with van der Waals surface area (Å²) in [5.41, 5.74) is 0. The Morgan fingerprint density at radius 3 is 2.79 bits per heavy atom. The number of hydrogen-bond donors (Lipinski definition) is 1. The van der Waals surface area contributed by atoms with Crippen LogP contribution in [0.2, 0.25) is 0 Å². The van der Waals surface area contributed by atoms with Crippen LogP contribution in [0, 0.1) is 11.8 Å². The van der Waals surface area contributed by atoms with Crippen LogP contribution in [-0.2, 0) is 0 Å². The zero-order valence-corrected chi connectivity index (χ0v) is 10.0. The van der Waals surface area contributed by atoms with Crippen molar-refractivity contribution in [2.24, 2.45) is 11.8 Å². The molecule has 0 aliphatic carbocycles. The Bertz CT molecular complexity index is 127. The predicted octanol–water partition coefficient (Wildman–Crippen LogP) is 3.59. The van der Waals surface area contributed by atoms with Gasteiger partial charge < -0.3 is 5.32 Å². The Hall–Kier alpha value is -0.0400. The van der Waals surface area contributed by atoms with Crippen molar-refractivity contribution in [3.63, 3.8) is 0 Å². The lowest BCUT2D eigenvalue weighted by Crippen LogP contribution is -2.33. The minimum absolute atomic E-state index is 0.944. The van der Waals surface area contributed by atoms with E-state index in [4.69, 9.17) is 0 Å². The number of unbranched alkanes of at least 4 members (excludes halogenated alkanes) is 3. The van der Waals surface area contributed by atoms with Crippen LogP contribution >= 0.6 is 0 Å². The number of nitrogens with one attached hydrogen (secondary N) is 1. The van der Waals surface area contributed by atoms with E-state index in [1.54, 1.807) is 0 Å². The van der Waals surface area contributed by atoms with Gasteiger partial charge in [-0.1, -0.05) is 46.0 Å². The first-order valence-electron chi connectivity index (χ1n) is 6.55. The molecule has 84 valence electrons. The van der Waals surface area contributed by atoms with E-state index in [1.165, 1.54) is 58.0 Å². The summed E-state index contributed by atoms with van der Waals surface area (Å²) in [5.74, 6) is 1.91. The average molecular weight is 197 g/mol. The van der Waals surface area contributed by atoms with Crippen LogP contribution in [-0.4, -0.2) is 13.1 Å². The minimum Gasteiger partial charge on any atom is -0.316 e. The third-order valence-corrected chi connectivity index (χ3v) is 3.65. The molecule has 1 rings (SSSR count). The monoisotopic (exact) mass is 197 g/mol. The molecule has 0 spiro atoms. The molecule has 0 bridgehead atoms. The van der Waals surface area contributed by atoms with Gasteiger partial charge in [-0.15, -0.1) is 0 Å². The topological polar surface area (TPSA) is 12.0 Å². The lowest BCUT2D eigenvalue weighted by Gasteiger charge is -2.28. The Kier molecular flexibility index (Phi) is 6.25. The molecule has 2 atom stereocenters. The van der Waals surface area contributed by atoms with Crippen LogP contribution in [0.5, 0.6) is 0 Å². The predicted molar refractivity (Wildman–Crippen MR) is 63.5 cm³/mol. The van der Waals surface area contributed by atoms with Gasteiger partial charge in [-0.2, -0.15) is 0 Å². The smallest absolute Gasteiger partial charge is 0.00180 e. The van der Waals surface area contributed by atoms with Crippen LogP contribution in [0.1, 0.15) is 58.8 Å². The highest BCUT2D eigenvalue weighted by Crippen LogP contribution is 2.24. The number of piperidine rings is 1. The van der Waals surface area contributed by atoms with E-state index >= 15 is 0 Å². The van der Waals surface area contributed by atoms with Gasteiger partial charge in [0, 0.05) is 0 Å². The van der Waals surface area contributed by atoms with Crippen molar-refractivity contribution in [3.05, 3.63) is 0 Å². The molecule has 0 saturated carbocycles. The fourth-order valence-corrected chi connectivity index (χ4v) is 2.49. The molecule has 0 aromatic heterocycles. The van der Waals surface area contributed by atoms with E-state index in [0.717, 1.165) is 11.8 Å². The molecule has 0 amide bonds. The summed E-state index contributed by atoms with van der Waals surface area (Å²) < 4.78 is 0. The van der Waals surface area contributed by atoms with Crippen LogP contribution in [0.25, 0.3) is 0 Å². The molecule has 1 nitrogen and oxygen atoms in total.